The number of benzene rings is 1. The Kier molecular flexibility index (Phi) is 6.45. The maximum atomic E-state index is 11.3. The van der Waals surface area contributed by atoms with Crippen molar-refractivity contribution in [2.75, 3.05) is 30.4 Å². The van der Waals surface area contributed by atoms with Crippen LogP contribution in [0.1, 0.15) is 39.7 Å². The number of hydrogen-bond donors (Lipinski definition) is 2. The molecule has 1 aromatic heterocycles. The summed E-state index contributed by atoms with van der Waals surface area (Å²) in [7, 11) is 1.52. The normalized spacial score (nSPS) is 19.4. The van der Waals surface area contributed by atoms with E-state index < -0.39 is 11.4 Å². The van der Waals surface area contributed by atoms with E-state index in [2.05, 4.69) is 40.1 Å². The van der Waals surface area contributed by atoms with Gasteiger partial charge < -0.3 is 24.8 Å². The third-order valence-electron chi connectivity index (χ3n) is 5.22. The second-order valence-corrected chi connectivity index (χ2v) is 8.43. The highest BCUT2D eigenvalue weighted by Gasteiger charge is 2.28. The number of carbonyl (C=O) groups is 1. The highest BCUT2D eigenvalue weighted by Crippen LogP contribution is 2.36. The van der Waals surface area contributed by atoms with Crippen molar-refractivity contribution in [2.45, 2.75) is 51.7 Å². The molecule has 0 radical (unpaired) electrons. The number of aromatic nitrogens is 2. The quantitative estimate of drug-likeness (QED) is 0.709. The van der Waals surface area contributed by atoms with E-state index >= 15 is 0 Å². The number of hydrogen-bond acceptors (Lipinski definition) is 7. The molecular formula is C22H30N4O4. The number of aliphatic carboxylic acids is 1. The molecule has 1 aliphatic heterocycles. The Labute approximate surface area is 177 Å². The van der Waals surface area contributed by atoms with E-state index in [4.69, 9.17) is 9.47 Å². The molecule has 0 spiro atoms. The van der Waals surface area contributed by atoms with Gasteiger partial charge in [-0.1, -0.05) is 19.9 Å². The zero-order valence-corrected chi connectivity index (χ0v) is 18.2. The molecule has 2 atom stereocenters. The molecule has 2 heterocycles. The van der Waals surface area contributed by atoms with Crippen LogP contribution >= 0.6 is 0 Å². The number of nitrogens with zero attached hydrogens (tertiary/aromatic N) is 3. The zero-order valence-electron chi connectivity index (χ0n) is 18.2. The van der Waals surface area contributed by atoms with Gasteiger partial charge in [0.25, 0.3) is 0 Å². The minimum absolute atomic E-state index is 0.0447. The molecule has 1 saturated heterocycles. The smallest absolute Gasteiger partial charge is 0.316 e. The summed E-state index contributed by atoms with van der Waals surface area (Å²) in [5.41, 5.74) is 3.06. The molecule has 8 heteroatoms. The minimum Gasteiger partial charge on any atom is -0.481 e. The Balaban J connectivity index is 1.99. The summed E-state index contributed by atoms with van der Waals surface area (Å²) in [5.74, 6) is -0.821. The van der Waals surface area contributed by atoms with E-state index in [0.717, 1.165) is 35.7 Å². The standard InChI is InChI=1S/C22H30N4O4/c1-14-12-26(13-15(2)30-14)19-7-6-16(22(3,4)9-20(27)28)8-18(19)25-17-10-23-21(29-5)24-11-17/h6-8,10-11,14-15,25H,9,12-13H2,1-5H3,(H,27,28)/t14-,15+. The number of nitrogens with one attached hydrogen (secondary N) is 1. The summed E-state index contributed by atoms with van der Waals surface area (Å²) in [6.07, 6.45) is 3.61. The fourth-order valence-corrected chi connectivity index (χ4v) is 3.83. The van der Waals surface area contributed by atoms with Gasteiger partial charge >= 0.3 is 12.0 Å². The Morgan fingerprint density at radius 1 is 1.27 bits per heavy atom. The van der Waals surface area contributed by atoms with Crippen molar-refractivity contribution >= 4 is 23.0 Å². The van der Waals surface area contributed by atoms with Gasteiger partial charge in [-0.2, -0.15) is 0 Å². The molecule has 2 N–H and O–H groups in total. The van der Waals surface area contributed by atoms with Crippen LogP contribution in [0.3, 0.4) is 0 Å². The van der Waals surface area contributed by atoms with Crippen LogP contribution in [0.15, 0.2) is 30.6 Å². The monoisotopic (exact) mass is 414 g/mol. The van der Waals surface area contributed by atoms with Crippen molar-refractivity contribution < 1.29 is 19.4 Å². The Morgan fingerprint density at radius 3 is 2.47 bits per heavy atom. The minimum atomic E-state index is -0.821. The van der Waals surface area contributed by atoms with Crippen molar-refractivity contribution in [3.8, 4) is 6.01 Å². The molecule has 0 saturated carbocycles. The van der Waals surface area contributed by atoms with Crippen molar-refractivity contribution in [1.29, 1.82) is 0 Å². The van der Waals surface area contributed by atoms with E-state index in [9.17, 15) is 9.90 Å². The maximum absolute atomic E-state index is 11.3. The second kappa shape index (κ2) is 8.87. The number of ether oxygens (including phenoxy) is 2. The van der Waals surface area contributed by atoms with Crippen LogP contribution in [0, 0.1) is 0 Å². The second-order valence-electron chi connectivity index (χ2n) is 8.43. The van der Waals surface area contributed by atoms with Gasteiger partial charge in [-0.25, -0.2) is 9.97 Å². The summed E-state index contributed by atoms with van der Waals surface area (Å²) in [6, 6.07) is 6.38. The lowest BCUT2D eigenvalue weighted by molar-refractivity contribution is -0.138. The fourth-order valence-electron chi connectivity index (χ4n) is 3.83. The van der Waals surface area contributed by atoms with Gasteiger partial charge in [-0.05, 0) is 31.5 Å². The molecule has 1 fully saturated rings. The van der Waals surface area contributed by atoms with Crippen LogP contribution < -0.4 is 15.0 Å². The number of anilines is 3. The molecule has 1 aromatic carbocycles. The van der Waals surface area contributed by atoms with Crippen molar-refractivity contribution in [3.63, 3.8) is 0 Å². The first-order chi connectivity index (χ1) is 14.2. The summed E-state index contributed by atoms with van der Waals surface area (Å²) in [6.45, 7) is 9.56. The third-order valence-corrected chi connectivity index (χ3v) is 5.22. The van der Waals surface area contributed by atoms with Gasteiger partial charge in [0.15, 0.2) is 0 Å². The van der Waals surface area contributed by atoms with Crippen LogP contribution in [0.2, 0.25) is 0 Å². The lowest BCUT2D eigenvalue weighted by atomic mass is 9.81. The highest BCUT2D eigenvalue weighted by molar-refractivity contribution is 5.77. The molecule has 0 bridgehead atoms. The van der Waals surface area contributed by atoms with Gasteiger partial charge in [0.2, 0.25) is 0 Å². The summed E-state index contributed by atoms with van der Waals surface area (Å²) < 4.78 is 10.9. The molecule has 0 aliphatic carbocycles. The summed E-state index contributed by atoms with van der Waals surface area (Å²) in [5, 5.41) is 12.7. The van der Waals surface area contributed by atoms with Gasteiger partial charge in [0.05, 0.1) is 55.2 Å². The van der Waals surface area contributed by atoms with E-state index in [1.54, 1.807) is 12.4 Å². The Bertz CT molecular complexity index is 875. The topological polar surface area (TPSA) is 96.8 Å². The van der Waals surface area contributed by atoms with Gasteiger partial charge in [-0.15, -0.1) is 0 Å². The van der Waals surface area contributed by atoms with Crippen LogP contribution in [-0.2, 0) is 14.9 Å². The van der Waals surface area contributed by atoms with Crippen LogP contribution in [0.5, 0.6) is 6.01 Å². The van der Waals surface area contributed by atoms with Crippen LogP contribution in [0.4, 0.5) is 17.1 Å². The first-order valence-corrected chi connectivity index (χ1v) is 10.1. The third kappa shape index (κ3) is 5.18. The van der Waals surface area contributed by atoms with E-state index in [1.807, 2.05) is 26.0 Å². The average molecular weight is 415 g/mol. The lowest BCUT2D eigenvalue weighted by Crippen LogP contribution is -2.45. The molecule has 2 aromatic rings. The van der Waals surface area contributed by atoms with Gasteiger partial charge in [0.1, 0.15) is 0 Å². The van der Waals surface area contributed by atoms with E-state index in [-0.39, 0.29) is 18.6 Å². The number of rotatable bonds is 7. The van der Waals surface area contributed by atoms with Crippen molar-refractivity contribution in [2.24, 2.45) is 0 Å². The molecule has 0 unspecified atom stereocenters. The molecule has 8 nitrogen and oxygen atoms in total. The molecular weight excluding hydrogens is 384 g/mol. The van der Waals surface area contributed by atoms with Crippen molar-refractivity contribution in [3.05, 3.63) is 36.2 Å². The summed E-state index contributed by atoms with van der Waals surface area (Å²) >= 11 is 0. The Hall–Kier alpha value is -2.87. The zero-order chi connectivity index (χ0) is 21.9. The molecule has 3 rings (SSSR count). The molecule has 30 heavy (non-hydrogen) atoms. The predicted octanol–water partition coefficient (Wildman–Crippen LogP) is 3.59. The van der Waals surface area contributed by atoms with Crippen LogP contribution in [0.25, 0.3) is 0 Å². The number of carboxylic acid groups (broad SMARTS) is 1. The molecule has 0 amide bonds. The molecule has 162 valence electrons. The highest BCUT2D eigenvalue weighted by atomic mass is 16.5. The predicted molar refractivity (Wildman–Crippen MR) is 116 cm³/mol. The SMILES string of the molecule is COc1ncc(Nc2cc(C(C)(C)CC(=O)O)ccc2N2C[C@@H](C)O[C@@H](C)C2)cn1. The van der Waals surface area contributed by atoms with Crippen LogP contribution in [-0.4, -0.2) is 53.5 Å². The average Bonchev–Trinajstić information content (AvgIpc) is 2.67. The number of morpholine rings is 1. The largest absolute Gasteiger partial charge is 0.481 e. The molecule has 1 aliphatic rings. The van der Waals surface area contributed by atoms with Gasteiger partial charge in [0, 0.05) is 18.5 Å². The van der Waals surface area contributed by atoms with E-state index in [0.29, 0.717) is 6.01 Å². The van der Waals surface area contributed by atoms with E-state index in [1.165, 1.54) is 7.11 Å². The maximum Gasteiger partial charge on any atom is 0.316 e. The lowest BCUT2D eigenvalue weighted by Gasteiger charge is -2.38. The fraction of sp³-hybridized carbons (Fsp3) is 0.500. The van der Waals surface area contributed by atoms with Crippen molar-refractivity contribution in [1.82, 2.24) is 9.97 Å². The van der Waals surface area contributed by atoms with Gasteiger partial charge in [-0.3, -0.25) is 4.79 Å². The summed E-state index contributed by atoms with van der Waals surface area (Å²) in [4.78, 5) is 22.0. The first kappa shape index (κ1) is 21.8. The number of methoxy groups -OCH3 is 1. The first-order valence-electron chi connectivity index (χ1n) is 10.1. The number of carboxylic acids is 1. The Morgan fingerprint density at radius 2 is 1.90 bits per heavy atom.